The van der Waals surface area contributed by atoms with Crippen molar-refractivity contribution < 1.29 is 0 Å². The fraction of sp³-hybridized carbons (Fsp3) is 0.0769. The van der Waals surface area contributed by atoms with Crippen LogP contribution in [0.5, 0.6) is 0 Å². The summed E-state index contributed by atoms with van der Waals surface area (Å²) in [6, 6.07) is 6.54. The highest BCUT2D eigenvalue weighted by atomic mass is 35.5. The number of rotatable bonds is 2. The first kappa shape index (κ1) is 15.4. The molecule has 5 nitrogen and oxygen atoms in total. The smallest absolute Gasteiger partial charge is 0.270 e. The Balaban J connectivity index is 2.85. The van der Waals surface area contributed by atoms with Crippen LogP contribution in [0.25, 0.3) is 11.3 Å². The van der Waals surface area contributed by atoms with Gasteiger partial charge in [-0.15, -0.1) is 0 Å². The first-order valence-electron chi connectivity index (χ1n) is 5.49. The lowest BCUT2D eigenvalue weighted by atomic mass is 10.1. The second-order valence-electron chi connectivity index (χ2n) is 3.84. The molecule has 1 N–H and O–H groups in total. The Kier molecular flexibility index (Phi) is 4.54. The minimum absolute atomic E-state index is 0.102. The van der Waals surface area contributed by atoms with Gasteiger partial charge in [-0.05, 0) is 18.4 Å². The predicted octanol–water partition coefficient (Wildman–Crippen LogP) is 3.21. The first-order chi connectivity index (χ1) is 10.0. The van der Waals surface area contributed by atoms with Gasteiger partial charge < -0.3 is 4.98 Å². The number of nitrogens with zero attached hydrogens (tertiary/aromatic N) is 3. The minimum atomic E-state index is -0.566. The number of hydrogen-bond donors (Lipinski definition) is 1. The highest BCUT2D eigenvalue weighted by Crippen LogP contribution is 2.36. The Hall–Kier alpha value is -1.99. The number of aromatic nitrogens is 2. The van der Waals surface area contributed by atoms with Gasteiger partial charge >= 0.3 is 0 Å². The third-order valence-corrected chi connectivity index (χ3v) is 3.79. The van der Waals surface area contributed by atoms with Gasteiger partial charge in [0.05, 0.1) is 27.4 Å². The van der Waals surface area contributed by atoms with E-state index in [-0.39, 0.29) is 32.4 Å². The van der Waals surface area contributed by atoms with Crippen molar-refractivity contribution in [1.82, 2.24) is 9.97 Å². The average Bonchev–Trinajstić information content (AvgIpc) is 2.45. The van der Waals surface area contributed by atoms with Crippen LogP contribution in [0.3, 0.4) is 0 Å². The maximum atomic E-state index is 11.9. The zero-order valence-corrected chi connectivity index (χ0v) is 12.9. The highest BCUT2D eigenvalue weighted by molar-refractivity contribution is 7.98. The van der Waals surface area contributed by atoms with E-state index in [2.05, 4.69) is 9.97 Å². The van der Waals surface area contributed by atoms with Crippen molar-refractivity contribution in [3.05, 3.63) is 43.7 Å². The number of hydrogen-bond acceptors (Lipinski definition) is 5. The van der Waals surface area contributed by atoms with E-state index in [9.17, 15) is 4.79 Å². The molecule has 0 saturated carbocycles. The summed E-state index contributed by atoms with van der Waals surface area (Å²) in [5.74, 6) is 0. The summed E-state index contributed by atoms with van der Waals surface area (Å²) in [4.78, 5) is 18.6. The zero-order chi connectivity index (χ0) is 15.6. The van der Waals surface area contributed by atoms with Crippen LogP contribution in [-0.4, -0.2) is 16.2 Å². The number of nitrogens with one attached hydrogen (secondary N) is 1. The van der Waals surface area contributed by atoms with E-state index in [0.717, 1.165) is 0 Å². The molecule has 0 aliphatic rings. The summed E-state index contributed by atoms with van der Waals surface area (Å²) in [5, 5.41) is 18.7. The summed E-state index contributed by atoms with van der Waals surface area (Å²) in [7, 11) is 0. The summed E-state index contributed by atoms with van der Waals surface area (Å²) in [6.45, 7) is 0. The molecule has 0 aliphatic heterocycles. The molecule has 104 valence electrons. The van der Waals surface area contributed by atoms with E-state index in [0.29, 0.717) is 5.16 Å². The average molecular weight is 337 g/mol. The van der Waals surface area contributed by atoms with Gasteiger partial charge in [-0.1, -0.05) is 35.0 Å². The third kappa shape index (κ3) is 2.88. The molecule has 21 heavy (non-hydrogen) atoms. The summed E-state index contributed by atoms with van der Waals surface area (Å²) in [6.07, 6.45) is 1.73. The maximum absolute atomic E-state index is 11.9. The lowest BCUT2D eigenvalue weighted by molar-refractivity contribution is 0.937. The molecule has 1 aromatic carbocycles. The number of nitriles is 2. The normalized spacial score (nSPS) is 9.95. The van der Waals surface area contributed by atoms with Gasteiger partial charge in [0.2, 0.25) is 0 Å². The Labute approximate surface area is 134 Å². The van der Waals surface area contributed by atoms with Crippen LogP contribution in [0.15, 0.2) is 22.1 Å². The van der Waals surface area contributed by atoms with E-state index in [1.54, 1.807) is 12.3 Å². The molecule has 2 rings (SSSR count). The van der Waals surface area contributed by atoms with Crippen molar-refractivity contribution in [2.24, 2.45) is 0 Å². The maximum Gasteiger partial charge on any atom is 0.270 e. The molecule has 0 atom stereocenters. The molecule has 2 aromatic rings. The van der Waals surface area contributed by atoms with Gasteiger partial charge in [-0.25, -0.2) is 4.98 Å². The quantitative estimate of drug-likeness (QED) is 0.671. The van der Waals surface area contributed by atoms with Crippen LogP contribution in [0.2, 0.25) is 10.0 Å². The van der Waals surface area contributed by atoms with Gasteiger partial charge in [0.1, 0.15) is 11.6 Å². The molecule has 0 unspecified atom stereocenters. The number of thioether (sulfide) groups is 1. The van der Waals surface area contributed by atoms with Crippen molar-refractivity contribution in [2.45, 2.75) is 5.16 Å². The monoisotopic (exact) mass is 336 g/mol. The van der Waals surface area contributed by atoms with Gasteiger partial charge in [0.25, 0.3) is 5.56 Å². The molecular weight excluding hydrogens is 331 g/mol. The van der Waals surface area contributed by atoms with Gasteiger partial charge in [-0.2, -0.15) is 10.5 Å². The Morgan fingerprint density at radius 2 is 1.86 bits per heavy atom. The van der Waals surface area contributed by atoms with E-state index >= 15 is 0 Å². The molecule has 0 fully saturated rings. The lowest BCUT2D eigenvalue weighted by Gasteiger charge is -2.09. The van der Waals surface area contributed by atoms with Gasteiger partial charge in [0.15, 0.2) is 5.16 Å². The van der Waals surface area contributed by atoms with Crippen molar-refractivity contribution in [2.75, 3.05) is 6.26 Å². The fourth-order valence-corrected chi connectivity index (χ4v) is 2.74. The zero-order valence-electron chi connectivity index (χ0n) is 10.6. The Bertz CT molecular complexity index is 841. The summed E-state index contributed by atoms with van der Waals surface area (Å²) in [5.41, 5.74) is -0.104. The van der Waals surface area contributed by atoms with E-state index in [1.807, 2.05) is 6.07 Å². The van der Waals surface area contributed by atoms with Crippen molar-refractivity contribution in [3.63, 3.8) is 0 Å². The molecule has 8 heteroatoms. The standard InChI is InChI=1S/C13H6Cl2N4OS/c1-21-13-18-11(7(5-17)12(20)19-13)10-8(14)2-6(4-16)3-9(10)15/h2-3H,1H3,(H,18,19,20). The first-order valence-corrected chi connectivity index (χ1v) is 7.47. The molecule has 0 aliphatic carbocycles. The third-order valence-electron chi connectivity index (χ3n) is 2.61. The van der Waals surface area contributed by atoms with Crippen LogP contribution in [-0.2, 0) is 0 Å². The largest absolute Gasteiger partial charge is 0.300 e. The van der Waals surface area contributed by atoms with Crippen LogP contribution in [0, 0.1) is 22.7 Å². The fourth-order valence-electron chi connectivity index (χ4n) is 1.70. The molecule has 0 spiro atoms. The van der Waals surface area contributed by atoms with E-state index in [1.165, 1.54) is 23.9 Å². The number of benzene rings is 1. The lowest BCUT2D eigenvalue weighted by Crippen LogP contribution is -2.14. The Morgan fingerprint density at radius 3 is 2.33 bits per heavy atom. The van der Waals surface area contributed by atoms with Crippen LogP contribution < -0.4 is 5.56 Å². The van der Waals surface area contributed by atoms with Crippen molar-refractivity contribution >= 4 is 35.0 Å². The molecule has 1 aromatic heterocycles. The van der Waals surface area contributed by atoms with Crippen LogP contribution in [0.4, 0.5) is 0 Å². The van der Waals surface area contributed by atoms with Crippen molar-refractivity contribution in [3.8, 4) is 23.4 Å². The summed E-state index contributed by atoms with van der Waals surface area (Å²) < 4.78 is 0. The summed E-state index contributed by atoms with van der Waals surface area (Å²) >= 11 is 13.5. The molecule has 0 radical (unpaired) electrons. The molecule has 1 heterocycles. The topological polar surface area (TPSA) is 93.3 Å². The predicted molar refractivity (Wildman–Crippen MR) is 81.5 cm³/mol. The highest BCUT2D eigenvalue weighted by Gasteiger charge is 2.19. The molecule has 0 amide bonds. The molecular formula is C13H6Cl2N4OS. The molecule has 0 bridgehead atoms. The van der Waals surface area contributed by atoms with Crippen molar-refractivity contribution in [1.29, 1.82) is 10.5 Å². The van der Waals surface area contributed by atoms with Gasteiger partial charge in [0, 0.05) is 5.56 Å². The van der Waals surface area contributed by atoms with Crippen LogP contribution >= 0.6 is 35.0 Å². The SMILES string of the molecule is CSc1nc(-c2c(Cl)cc(C#N)cc2Cl)c(C#N)c(=O)[nH]1. The second kappa shape index (κ2) is 6.19. The number of H-pyrrole nitrogens is 1. The number of halogens is 2. The van der Waals surface area contributed by atoms with Crippen LogP contribution in [0.1, 0.15) is 11.1 Å². The molecule has 0 saturated heterocycles. The minimum Gasteiger partial charge on any atom is -0.300 e. The second-order valence-corrected chi connectivity index (χ2v) is 5.45. The van der Waals surface area contributed by atoms with E-state index < -0.39 is 5.56 Å². The van der Waals surface area contributed by atoms with Gasteiger partial charge in [-0.3, -0.25) is 4.79 Å². The Morgan fingerprint density at radius 1 is 1.24 bits per heavy atom. The van der Waals surface area contributed by atoms with E-state index in [4.69, 9.17) is 33.7 Å². The number of aromatic amines is 1.